The van der Waals surface area contributed by atoms with E-state index in [2.05, 4.69) is 12.2 Å². The Morgan fingerprint density at radius 3 is 2.41 bits per heavy atom. The third kappa shape index (κ3) is 3.03. The second-order valence-electron chi connectivity index (χ2n) is 4.72. The van der Waals surface area contributed by atoms with E-state index >= 15 is 0 Å². The highest BCUT2D eigenvalue weighted by Gasteiger charge is 2.17. The van der Waals surface area contributed by atoms with Gasteiger partial charge in [-0.15, -0.1) is 0 Å². The lowest BCUT2D eigenvalue weighted by atomic mass is 10.1. The number of nitro benzene ring substituents is 1. The average molecular weight is 234 g/mol. The zero-order valence-corrected chi connectivity index (χ0v) is 10.1. The summed E-state index contributed by atoms with van der Waals surface area (Å²) in [6.45, 7) is 2.11. The summed E-state index contributed by atoms with van der Waals surface area (Å²) in [5, 5.41) is 14.1. The van der Waals surface area contributed by atoms with Crippen molar-refractivity contribution in [2.24, 2.45) is 0 Å². The van der Waals surface area contributed by atoms with Gasteiger partial charge in [0, 0.05) is 24.2 Å². The van der Waals surface area contributed by atoms with E-state index in [-0.39, 0.29) is 16.7 Å². The van der Waals surface area contributed by atoms with Crippen molar-refractivity contribution in [2.45, 2.75) is 44.7 Å². The molecule has 0 saturated heterocycles. The van der Waals surface area contributed by atoms with E-state index in [9.17, 15) is 10.1 Å². The Labute approximate surface area is 101 Å². The van der Waals surface area contributed by atoms with Crippen molar-refractivity contribution in [3.8, 4) is 0 Å². The second-order valence-corrected chi connectivity index (χ2v) is 4.72. The zero-order chi connectivity index (χ0) is 12.3. The summed E-state index contributed by atoms with van der Waals surface area (Å²) >= 11 is 0. The fourth-order valence-electron chi connectivity index (χ4n) is 2.43. The molecule has 1 unspecified atom stereocenters. The van der Waals surface area contributed by atoms with Gasteiger partial charge in [-0.05, 0) is 25.3 Å². The first-order valence-electron chi connectivity index (χ1n) is 6.17. The summed E-state index contributed by atoms with van der Waals surface area (Å²) in [4.78, 5) is 10.2. The van der Waals surface area contributed by atoms with Crippen molar-refractivity contribution in [3.63, 3.8) is 0 Å². The molecule has 1 atom stereocenters. The topological polar surface area (TPSA) is 55.2 Å². The van der Waals surface area contributed by atoms with Crippen LogP contribution in [0.25, 0.3) is 0 Å². The maximum Gasteiger partial charge on any atom is 0.269 e. The van der Waals surface area contributed by atoms with Gasteiger partial charge in [-0.1, -0.05) is 25.0 Å². The predicted molar refractivity (Wildman–Crippen MR) is 66.9 cm³/mol. The van der Waals surface area contributed by atoms with Crippen LogP contribution in [0.15, 0.2) is 24.3 Å². The molecule has 1 saturated carbocycles. The van der Waals surface area contributed by atoms with Crippen LogP contribution in [0.1, 0.15) is 44.2 Å². The van der Waals surface area contributed by atoms with Crippen molar-refractivity contribution >= 4 is 5.69 Å². The molecular weight excluding hydrogens is 216 g/mol. The highest BCUT2D eigenvalue weighted by Crippen LogP contribution is 2.23. The van der Waals surface area contributed by atoms with Gasteiger partial charge in [-0.2, -0.15) is 0 Å². The predicted octanol–water partition coefficient (Wildman–Crippen LogP) is 3.19. The summed E-state index contributed by atoms with van der Waals surface area (Å²) < 4.78 is 0. The molecule has 0 spiro atoms. The van der Waals surface area contributed by atoms with E-state index in [1.54, 1.807) is 12.1 Å². The van der Waals surface area contributed by atoms with Gasteiger partial charge >= 0.3 is 0 Å². The molecule has 0 heterocycles. The smallest absolute Gasteiger partial charge is 0.269 e. The molecule has 1 fully saturated rings. The molecule has 17 heavy (non-hydrogen) atoms. The summed E-state index contributed by atoms with van der Waals surface area (Å²) in [7, 11) is 0. The fraction of sp³-hybridized carbons (Fsp3) is 0.538. The van der Waals surface area contributed by atoms with E-state index in [0.29, 0.717) is 6.04 Å². The van der Waals surface area contributed by atoms with Crippen LogP contribution in [0, 0.1) is 10.1 Å². The molecule has 92 valence electrons. The number of nitro groups is 1. The monoisotopic (exact) mass is 234 g/mol. The zero-order valence-electron chi connectivity index (χ0n) is 10.1. The SMILES string of the molecule is CC(NC1CCCC1)c1ccc([N+](=O)[O-])cc1. The molecular formula is C13H18N2O2. The van der Waals surface area contributed by atoms with Crippen molar-refractivity contribution in [3.05, 3.63) is 39.9 Å². The summed E-state index contributed by atoms with van der Waals surface area (Å²) in [5.74, 6) is 0. The van der Waals surface area contributed by atoms with E-state index in [1.165, 1.54) is 25.7 Å². The number of hydrogen-bond acceptors (Lipinski definition) is 3. The minimum absolute atomic E-state index is 0.154. The van der Waals surface area contributed by atoms with Crippen molar-refractivity contribution in [1.82, 2.24) is 5.32 Å². The fourth-order valence-corrected chi connectivity index (χ4v) is 2.43. The molecule has 0 bridgehead atoms. The van der Waals surface area contributed by atoms with Crippen LogP contribution in [0.4, 0.5) is 5.69 Å². The van der Waals surface area contributed by atoms with Gasteiger partial charge in [-0.3, -0.25) is 10.1 Å². The Kier molecular flexibility index (Phi) is 3.74. The highest BCUT2D eigenvalue weighted by molar-refractivity contribution is 5.34. The van der Waals surface area contributed by atoms with Gasteiger partial charge in [-0.25, -0.2) is 0 Å². The lowest BCUT2D eigenvalue weighted by molar-refractivity contribution is -0.384. The quantitative estimate of drug-likeness (QED) is 0.643. The third-order valence-corrected chi connectivity index (χ3v) is 3.44. The maximum atomic E-state index is 10.6. The van der Waals surface area contributed by atoms with Crippen LogP contribution in [0.5, 0.6) is 0 Å². The number of rotatable bonds is 4. The highest BCUT2D eigenvalue weighted by atomic mass is 16.6. The first-order valence-corrected chi connectivity index (χ1v) is 6.17. The molecule has 1 aliphatic carbocycles. The lowest BCUT2D eigenvalue weighted by Crippen LogP contribution is -2.28. The number of nitrogens with one attached hydrogen (secondary N) is 1. The van der Waals surface area contributed by atoms with Crippen LogP contribution in [-0.2, 0) is 0 Å². The molecule has 0 radical (unpaired) electrons. The Morgan fingerprint density at radius 2 is 1.88 bits per heavy atom. The standard InChI is InChI=1S/C13H18N2O2/c1-10(14-12-4-2-3-5-12)11-6-8-13(9-7-11)15(16)17/h6-10,12,14H,2-5H2,1H3. The van der Waals surface area contributed by atoms with Gasteiger partial charge in [0.2, 0.25) is 0 Å². The number of nitrogens with zero attached hydrogens (tertiary/aromatic N) is 1. The Balaban J connectivity index is 1.98. The molecule has 1 aromatic rings. The molecule has 1 aromatic carbocycles. The first-order chi connectivity index (χ1) is 8.16. The molecule has 2 rings (SSSR count). The van der Waals surface area contributed by atoms with Crippen LogP contribution in [-0.4, -0.2) is 11.0 Å². The van der Waals surface area contributed by atoms with Gasteiger partial charge < -0.3 is 5.32 Å². The minimum atomic E-state index is -0.362. The lowest BCUT2D eigenvalue weighted by Gasteiger charge is -2.19. The maximum absolute atomic E-state index is 10.6. The second kappa shape index (κ2) is 5.27. The normalized spacial score (nSPS) is 18.2. The van der Waals surface area contributed by atoms with Crippen molar-refractivity contribution < 1.29 is 4.92 Å². The molecule has 4 heteroatoms. The van der Waals surface area contributed by atoms with E-state index in [1.807, 2.05) is 12.1 Å². The molecule has 0 aliphatic heterocycles. The number of non-ortho nitro benzene ring substituents is 1. The van der Waals surface area contributed by atoms with Gasteiger partial charge in [0.15, 0.2) is 0 Å². The Morgan fingerprint density at radius 1 is 1.29 bits per heavy atom. The van der Waals surface area contributed by atoms with Crippen molar-refractivity contribution in [1.29, 1.82) is 0 Å². The van der Waals surface area contributed by atoms with Gasteiger partial charge in [0.25, 0.3) is 5.69 Å². The van der Waals surface area contributed by atoms with Crippen LogP contribution in [0.2, 0.25) is 0 Å². The Bertz CT molecular complexity index is 383. The molecule has 1 aliphatic rings. The van der Waals surface area contributed by atoms with E-state index < -0.39 is 0 Å². The number of benzene rings is 1. The summed E-state index contributed by atoms with van der Waals surface area (Å²) in [5.41, 5.74) is 1.27. The largest absolute Gasteiger partial charge is 0.307 e. The molecule has 1 N–H and O–H groups in total. The summed E-state index contributed by atoms with van der Waals surface area (Å²) in [6, 6.07) is 7.69. The number of hydrogen-bond donors (Lipinski definition) is 1. The van der Waals surface area contributed by atoms with Gasteiger partial charge in [0.05, 0.1) is 4.92 Å². The van der Waals surface area contributed by atoms with Crippen LogP contribution < -0.4 is 5.32 Å². The average Bonchev–Trinajstić information content (AvgIpc) is 2.82. The van der Waals surface area contributed by atoms with Gasteiger partial charge in [0.1, 0.15) is 0 Å². The minimum Gasteiger partial charge on any atom is -0.307 e. The third-order valence-electron chi connectivity index (χ3n) is 3.44. The Hall–Kier alpha value is -1.42. The molecule has 0 aromatic heterocycles. The van der Waals surface area contributed by atoms with E-state index in [0.717, 1.165) is 5.56 Å². The first kappa shape index (κ1) is 12.0. The van der Waals surface area contributed by atoms with Crippen molar-refractivity contribution in [2.75, 3.05) is 0 Å². The molecule has 0 amide bonds. The van der Waals surface area contributed by atoms with Crippen LogP contribution in [0.3, 0.4) is 0 Å². The molecule has 4 nitrogen and oxygen atoms in total. The van der Waals surface area contributed by atoms with E-state index in [4.69, 9.17) is 0 Å². The van der Waals surface area contributed by atoms with Crippen LogP contribution >= 0.6 is 0 Å². The summed E-state index contributed by atoms with van der Waals surface area (Å²) in [6.07, 6.45) is 5.12.